The van der Waals surface area contributed by atoms with E-state index in [1.165, 1.54) is 22.5 Å². The van der Waals surface area contributed by atoms with Crippen molar-refractivity contribution in [3.8, 4) is 0 Å². The van der Waals surface area contributed by atoms with Gasteiger partial charge in [0.1, 0.15) is 10.7 Å². The number of rotatable bonds is 3. The average molecular weight is 312 g/mol. The van der Waals surface area contributed by atoms with Crippen molar-refractivity contribution in [2.24, 2.45) is 11.7 Å². The Morgan fingerprint density at radius 1 is 1.24 bits per heavy atom. The summed E-state index contributed by atoms with van der Waals surface area (Å²) in [5.41, 5.74) is 6.18. The fourth-order valence-corrected chi connectivity index (χ4v) is 5.58. The number of sulfonamides is 1. The SMILES string of the molecule is NCc1ccc(F)c(S(=O)(=O)N2CCCC3CCCC32)c1. The van der Waals surface area contributed by atoms with E-state index in [4.69, 9.17) is 5.73 Å². The van der Waals surface area contributed by atoms with E-state index in [0.29, 0.717) is 18.0 Å². The molecule has 6 heteroatoms. The van der Waals surface area contributed by atoms with E-state index in [1.807, 2.05) is 0 Å². The number of hydrogen-bond acceptors (Lipinski definition) is 3. The molecule has 1 heterocycles. The van der Waals surface area contributed by atoms with Crippen molar-refractivity contribution in [1.29, 1.82) is 0 Å². The average Bonchev–Trinajstić information content (AvgIpc) is 2.95. The first-order chi connectivity index (χ1) is 10.0. The van der Waals surface area contributed by atoms with Gasteiger partial charge in [0.15, 0.2) is 0 Å². The highest BCUT2D eigenvalue weighted by Gasteiger charge is 2.42. The molecule has 2 unspecified atom stereocenters. The molecule has 2 fully saturated rings. The Kier molecular flexibility index (Phi) is 4.03. The van der Waals surface area contributed by atoms with Crippen molar-refractivity contribution in [2.75, 3.05) is 6.54 Å². The van der Waals surface area contributed by atoms with Crippen molar-refractivity contribution in [2.45, 2.75) is 49.6 Å². The number of piperidine rings is 1. The highest BCUT2D eigenvalue weighted by atomic mass is 32.2. The maximum absolute atomic E-state index is 14.1. The summed E-state index contributed by atoms with van der Waals surface area (Å²) in [5.74, 6) is -0.249. The van der Waals surface area contributed by atoms with E-state index < -0.39 is 15.8 Å². The first kappa shape index (κ1) is 14.9. The quantitative estimate of drug-likeness (QED) is 0.931. The molecule has 1 aromatic rings. The molecule has 1 saturated heterocycles. The predicted molar refractivity (Wildman–Crippen MR) is 78.5 cm³/mol. The summed E-state index contributed by atoms with van der Waals surface area (Å²) in [6.45, 7) is 0.699. The summed E-state index contributed by atoms with van der Waals surface area (Å²) in [4.78, 5) is -0.224. The van der Waals surface area contributed by atoms with E-state index in [2.05, 4.69) is 0 Å². The first-order valence-corrected chi connectivity index (χ1v) is 8.98. The Balaban J connectivity index is 2.00. The van der Waals surface area contributed by atoms with Crippen molar-refractivity contribution >= 4 is 10.0 Å². The molecule has 2 aliphatic rings. The lowest BCUT2D eigenvalue weighted by Crippen LogP contribution is -2.46. The lowest BCUT2D eigenvalue weighted by Gasteiger charge is -2.36. The van der Waals surface area contributed by atoms with E-state index in [9.17, 15) is 12.8 Å². The predicted octanol–water partition coefficient (Wildman–Crippen LogP) is 2.24. The summed E-state index contributed by atoms with van der Waals surface area (Å²) in [6.07, 6.45) is 4.98. The van der Waals surface area contributed by atoms with Gasteiger partial charge in [0.2, 0.25) is 10.0 Å². The fourth-order valence-electron chi connectivity index (χ4n) is 3.71. The summed E-state index contributed by atoms with van der Waals surface area (Å²) < 4.78 is 41.3. The molecule has 0 aromatic heterocycles. The van der Waals surface area contributed by atoms with Gasteiger partial charge >= 0.3 is 0 Å². The lowest BCUT2D eigenvalue weighted by atomic mass is 9.94. The van der Waals surface area contributed by atoms with Gasteiger partial charge in [-0.1, -0.05) is 12.5 Å². The number of fused-ring (bicyclic) bond motifs is 1. The van der Waals surface area contributed by atoms with Gasteiger partial charge in [-0.25, -0.2) is 12.8 Å². The summed E-state index contributed by atoms with van der Waals surface area (Å²) in [6, 6.07) is 4.15. The van der Waals surface area contributed by atoms with Gasteiger partial charge in [-0.15, -0.1) is 0 Å². The third-order valence-electron chi connectivity index (χ3n) is 4.76. The molecule has 116 valence electrons. The zero-order valence-corrected chi connectivity index (χ0v) is 12.8. The molecule has 1 aliphatic heterocycles. The summed E-state index contributed by atoms with van der Waals surface area (Å²) in [5, 5.41) is 0. The van der Waals surface area contributed by atoms with Crippen LogP contribution in [0.1, 0.15) is 37.7 Å². The van der Waals surface area contributed by atoms with Gasteiger partial charge in [0, 0.05) is 19.1 Å². The molecule has 2 N–H and O–H groups in total. The molecule has 21 heavy (non-hydrogen) atoms. The van der Waals surface area contributed by atoms with Crippen LogP contribution in [0.2, 0.25) is 0 Å². The van der Waals surface area contributed by atoms with Crippen LogP contribution in [0.5, 0.6) is 0 Å². The van der Waals surface area contributed by atoms with Crippen LogP contribution in [0.15, 0.2) is 23.1 Å². The lowest BCUT2D eigenvalue weighted by molar-refractivity contribution is 0.201. The number of halogens is 1. The topological polar surface area (TPSA) is 63.4 Å². The van der Waals surface area contributed by atoms with E-state index >= 15 is 0 Å². The normalized spacial score (nSPS) is 26.8. The molecule has 2 atom stereocenters. The standard InChI is InChI=1S/C15H21FN2O2S/c16-13-7-6-11(10-17)9-15(13)21(19,20)18-8-2-4-12-3-1-5-14(12)18/h6-7,9,12,14H,1-5,8,10,17H2. The van der Waals surface area contributed by atoms with Crippen LogP contribution in [0, 0.1) is 11.7 Å². The van der Waals surface area contributed by atoms with Gasteiger partial charge in [-0.05, 0) is 49.3 Å². The molecule has 1 saturated carbocycles. The monoisotopic (exact) mass is 312 g/mol. The molecule has 3 rings (SSSR count). The van der Waals surface area contributed by atoms with E-state index in [-0.39, 0.29) is 17.5 Å². The fraction of sp³-hybridized carbons (Fsp3) is 0.600. The Morgan fingerprint density at radius 2 is 2.00 bits per heavy atom. The van der Waals surface area contributed by atoms with Gasteiger partial charge < -0.3 is 5.73 Å². The second kappa shape index (κ2) is 5.66. The van der Waals surface area contributed by atoms with Crippen LogP contribution in [0.4, 0.5) is 4.39 Å². The van der Waals surface area contributed by atoms with Crippen LogP contribution >= 0.6 is 0 Å². The highest BCUT2D eigenvalue weighted by Crippen LogP contribution is 2.39. The summed E-state index contributed by atoms with van der Waals surface area (Å²) >= 11 is 0. The van der Waals surface area contributed by atoms with Crippen molar-refractivity contribution in [3.63, 3.8) is 0 Å². The van der Waals surface area contributed by atoms with Gasteiger partial charge in [0.25, 0.3) is 0 Å². The Morgan fingerprint density at radius 3 is 2.76 bits per heavy atom. The molecule has 0 radical (unpaired) electrons. The minimum Gasteiger partial charge on any atom is -0.326 e. The molecule has 0 spiro atoms. The third kappa shape index (κ3) is 2.60. The number of benzene rings is 1. The van der Waals surface area contributed by atoms with Crippen LogP contribution in [0.25, 0.3) is 0 Å². The zero-order valence-electron chi connectivity index (χ0n) is 12.0. The smallest absolute Gasteiger partial charge is 0.246 e. The molecule has 1 aliphatic carbocycles. The van der Waals surface area contributed by atoms with Gasteiger partial charge in [-0.3, -0.25) is 0 Å². The first-order valence-electron chi connectivity index (χ1n) is 7.54. The van der Waals surface area contributed by atoms with Gasteiger partial charge in [-0.2, -0.15) is 4.31 Å². The Bertz CT molecular complexity index is 633. The minimum absolute atomic E-state index is 0.0460. The molecule has 1 aromatic carbocycles. The third-order valence-corrected chi connectivity index (χ3v) is 6.70. The highest BCUT2D eigenvalue weighted by molar-refractivity contribution is 7.89. The second-order valence-corrected chi connectivity index (χ2v) is 7.84. The Labute approximate surface area is 125 Å². The zero-order chi connectivity index (χ0) is 15.0. The van der Waals surface area contributed by atoms with Crippen molar-refractivity contribution < 1.29 is 12.8 Å². The molecule has 0 amide bonds. The Hall–Kier alpha value is -0.980. The largest absolute Gasteiger partial charge is 0.326 e. The number of nitrogens with zero attached hydrogens (tertiary/aromatic N) is 1. The second-order valence-electron chi connectivity index (χ2n) is 5.99. The minimum atomic E-state index is -3.78. The van der Waals surface area contributed by atoms with E-state index in [0.717, 1.165) is 32.1 Å². The molecular weight excluding hydrogens is 291 g/mol. The van der Waals surface area contributed by atoms with Crippen molar-refractivity contribution in [3.05, 3.63) is 29.6 Å². The van der Waals surface area contributed by atoms with Crippen LogP contribution in [-0.4, -0.2) is 25.3 Å². The van der Waals surface area contributed by atoms with Crippen LogP contribution in [-0.2, 0) is 16.6 Å². The maximum Gasteiger partial charge on any atom is 0.246 e. The number of nitrogens with two attached hydrogens (primary N) is 1. The summed E-state index contributed by atoms with van der Waals surface area (Å²) in [7, 11) is -3.78. The number of hydrogen-bond donors (Lipinski definition) is 1. The van der Waals surface area contributed by atoms with Crippen molar-refractivity contribution in [1.82, 2.24) is 4.31 Å². The van der Waals surface area contributed by atoms with Crippen LogP contribution < -0.4 is 5.73 Å². The molecule has 4 nitrogen and oxygen atoms in total. The molecule has 0 bridgehead atoms. The van der Waals surface area contributed by atoms with Gasteiger partial charge in [0.05, 0.1) is 0 Å². The van der Waals surface area contributed by atoms with E-state index in [1.54, 1.807) is 0 Å². The van der Waals surface area contributed by atoms with Crippen LogP contribution in [0.3, 0.4) is 0 Å². The maximum atomic E-state index is 14.1. The molecular formula is C15H21FN2O2S.